The number of rotatable bonds is 12. The number of aromatic amines is 1. The van der Waals surface area contributed by atoms with E-state index in [-0.39, 0.29) is 12.4 Å². The van der Waals surface area contributed by atoms with Gasteiger partial charge in [-0.15, -0.1) is 0 Å². The van der Waals surface area contributed by atoms with E-state index in [1.807, 2.05) is 18.8 Å². The smallest absolute Gasteiger partial charge is 0.459 e. The Morgan fingerprint density at radius 1 is 1.32 bits per heavy atom. The van der Waals surface area contributed by atoms with Gasteiger partial charge in [-0.1, -0.05) is 31.0 Å². The van der Waals surface area contributed by atoms with Gasteiger partial charge in [-0.3, -0.25) is 23.7 Å². The minimum Gasteiger partial charge on any atom is -0.465 e. The number of carbonyl (C=O) groups is 1. The number of aromatic nitrogens is 2. The summed E-state index contributed by atoms with van der Waals surface area (Å²) >= 11 is 0. The molecular formula is C24H33FN3O9P. The Bertz CT molecular complexity index is 1260. The molecule has 6 atom stereocenters. The van der Waals surface area contributed by atoms with Gasteiger partial charge in [0, 0.05) is 12.3 Å². The second-order valence-corrected chi connectivity index (χ2v) is 10.9. The quantitative estimate of drug-likeness (QED) is 0.201. The van der Waals surface area contributed by atoms with E-state index in [0.717, 1.165) is 35.7 Å². The molecule has 14 heteroatoms. The second-order valence-electron chi connectivity index (χ2n) is 9.21. The third kappa shape index (κ3) is 7.17. The lowest BCUT2D eigenvalue weighted by molar-refractivity contribution is -0.145. The molecule has 38 heavy (non-hydrogen) atoms. The molecule has 2 unspecified atom stereocenters. The normalized spacial score (nSPS) is 25.5. The molecule has 1 aromatic carbocycles. The largest absolute Gasteiger partial charge is 0.465 e. The van der Waals surface area contributed by atoms with Gasteiger partial charge in [0.2, 0.25) is 0 Å². The number of halogens is 1. The number of nitrogens with one attached hydrogen (secondary N) is 2. The molecule has 1 aliphatic rings. The van der Waals surface area contributed by atoms with Crippen molar-refractivity contribution in [3.05, 3.63) is 62.9 Å². The summed E-state index contributed by atoms with van der Waals surface area (Å²) in [5.74, 6) is -0.514. The molecular weight excluding hydrogens is 524 g/mol. The number of aliphatic hydroxyl groups excluding tert-OH is 1. The van der Waals surface area contributed by atoms with Crippen LogP contribution in [0.15, 0.2) is 46.1 Å². The predicted molar refractivity (Wildman–Crippen MR) is 135 cm³/mol. The van der Waals surface area contributed by atoms with Gasteiger partial charge in [0.05, 0.1) is 13.2 Å². The van der Waals surface area contributed by atoms with Crippen molar-refractivity contribution >= 4 is 13.7 Å². The fourth-order valence-electron chi connectivity index (χ4n) is 3.69. The van der Waals surface area contributed by atoms with Crippen LogP contribution >= 0.6 is 7.75 Å². The highest BCUT2D eigenvalue weighted by Crippen LogP contribution is 2.47. The molecule has 12 nitrogen and oxygen atoms in total. The van der Waals surface area contributed by atoms with Crippen molar-refractivity contribution in [2.45, 2.75) is 70.7 Å². The zero-order valence-electron chi connectivity index (χ0n) is 21.6. The van der Waals surface area contributed by atoms with Gasteiger partial charge in [0.25, 0.3) is 5.56 Å². The standard InChI is InChI=1S/C24H33FN3O9P/c1-5-6-13-34-21(31)16(3)27-38(33,37-17-9-7-15(2)8-10-17)35-14-18-20(30)24(4,25)22(36-18)28-12-11-19(29)26-23(28)32/h7-12,16,18,20,22,30H,5-6,13-14H2,1-4H3,(H,27,33)(H,26,29,32)/t16-,18+,20+,22+,24?,38?/m0/s1. The first-order valence-corrected chi connectivity index (χ1v) is 13.7. The molecule has 0 aliphatic carbocycles. The Balaban J connectivity index is 1.78. The zero-order valence-corrected chi connectivity index (χ0v) is 22.5. The van der Waals surface area contributed by atoms with Crippen molar-refractivity contribution in [2.24, 2.45) is 0 Å². The summed E-state index contributed by atoms with van der Waals surface area (Å²) in [6.07, 6.45) is -2.30. The van der Waals surface area contributed by atoms with Crippen LogP contribution in [-0.4, -0.2) is 57.8 Å². The number of H-pyrrole nitrogens is 1. The number of unbranched alkanes of at least 4 members (excludes halogenated alkanes) is 1. The lowest BCUT2D eigenvalue weighted by Crippen LogP contribution is -2.43. The van der Waals surface area contributed by atoms with Crippen LogP contribution in [-0.2, 0) is 23.4 Å². The predicted octanol–water partition coefficient (Wildman–Crippen LogP) is 2.36. The third-order valence-electron chi connectivity index (χ3n) is 5.92. The minimum absolute atomic E-state index is 0.166. The van der Waals surface area contributed by atoms with Gasteiger partial charge in [-0.25, -0.2) is 13.8 Å². The van der Waals surface area contributed by atoms with Crippen LogP contribution < -0.4 is 20.9 Å². The summed E-state index contributed by atoms with van der Waals surface area (Å²) in [5, 5.41) is 13.1. The maximum atomic E-state index is 15.5. The van der Waals surface area contributed by atoms with Crippen LogP contribution in [0, 0.1) is 6.92 Å². The minimum atomic E-state index is -4.31. The number of hydrogen-bond donors (Lipinski definition) is 3. The van der Waals surface area contributed by atoms with Crippen molar-refractivity contribution in [1.29, 1.82) is 0 Å². The molecule has 0 amide bonds. The molecule has 2 heterocycles. The fourth-order valence-corrected chi connectivity index (χ4v) is 5.20. The number of ether oxygens (including phenoxy) is 2. The molecule has 1 fully saturated rings. The Morgan fingerprint density at radius 2 is 2.00 bits per heavy atom. The first kappa shape index (κ1) is 29.7. The van der Waals surface area contributed by atoms with Gasteiger partial charge in [-0.2, -0.15) is 5.09 Å². The van der Waals surface area contributed by atoms with Crippen molar-refractivity contribution in [3.63, 3.8) is 0 Å². The zero-order chi connectivity index (χ0) is 28.1. The molecule has 2 aromatic rings. The molecule has 0 spiro atoms. The van der Waals surface area contributed by atoms with E-state index in [9.17, 15) is 24.1 Å². The monoisotopic (exact) mass is 557 g/mol. The van der Waals surface area contributed by atoms with E-state index in [0.29, 0.717) is 6.42 Å². The maximum Gasteiger partial charge on any atom is 0.459 e. The van der Waals surface area contributed by atoms with E-state index in [1.54, 1.807) is 24.3 Å². The van der Waals surface area contributed by atoms with Gasteiger partial charge < -0.3 is 19.1 Å². The highest BCUT2D eigenvalue weighted by atomic mass is 31.2. The van der Waals surface area contributed by atoms with Crippen molar-refractivity contribution in [3.8, 4) is 5.75 Å². The van der Waals surface area contributed by atoms with Crippen LogP contribution in [0.4, 0.5) is 4.39 Å². The van der Waals surface area contributed by atoms with Crippen LogP contribution in [0.25, 0.3) is 0 Å². The second kappa shape index (κ2) is 12.4. The molecule has 0 radical (unpaired) electrons. The third-order valence-corrected chi connectivity index (χ3v) is 7.57. The van der Waals surface area contributed by atoms with E-state index >= 15 is 4.39 Å². The molecule has 0 bridgehead atoms. The van der Waals surface area contributed by atoms with E-state index in [2.05, 4.69) is 5.09 Å². The average Bonchev–Trinajstić information content (AvgIpc) is 3.08. The Hall–Kier alpha value is -2.83. The Labute approximate surface area is 218 Å². The Morgan fingerprint density at radius 3 is 2.63 bits per heavy atom. The lowest BCUT2D eigenvalue weighted by Gasteiger charge is -2.25. The molecule has 210 valence electrons. The number of alkyl halides is 1. The summed E-state index contributed by atoms with van der Waals surface area (Å²) in [5.41, 5.74) is -3.19. The van der Waals surface area contributed by atoms with Crippen LogP contribution in [0.5, 0.6) is 5.75 Å². The van der Waals surface area contributed by atoms with Crippen LogP contribution in [0.3, 0.4) is 0 Å². The molecule has 3 N–H and O–H groups in total. The summed E-state index contributed by atoms with van der Waals surface area (Å²) < 4.78 is 51.8. The topological polar surface area (TPSA) is 158 Å². The summed E-state index contributed by atoms with van der Waals surface area (Å²) in [6.45, 7) is 5.78. The summed E-state index contributed by atoms with van der Waals surface area (Å²) in [4.78, 5) is 37.9. The number of hydrogen-bond acceptors (Lipinski definition) is 9. The number of carbonyl (C=O) groups excluding carboxylic acids is 1. The summed E-state index contributed by atoms with van der Waals surface area (Å²) in [6, 6.07) is 6.44. The van der Waals surface area contributed by atoms with E-state index < -0.39 is 61.7 Å². The van der Waals surface area contributed by atoms with Crippen molar-refractivity contribution in [1.82, 2.24) is 14.6 Å². The maximum absolute atomic E-state index is 15.5. The Kier molecular flexibility index (Phi) is 9.66. The highest BCUT2D eigenvalue weighted by Gasteiger charge is 2.55. The molecule has 0 saturated carbocycles. The first-order valence-electron chi connectivity index (χ1n) is 12.2. The van der Waals surface area contributed by atoms with Gasteiger partial charge in [0.15, 0.2) is 11.9 Å². The molecule has 3 rings (SSSR count). The van der Waals surface area contributed by atoms with Gasteiger partial charge in [0.1, 0.15) is 24.0 Å². The van der Waals surface area contributed by atoms with Crippen molar-refractivity contribution in [2.75, 3.05) is 13.2 Å². The van der Waals surface area contributed by atoms with Crippen LogP contribution in [0.1, 0.15) is 45.4 Å². The number of esters is 1. The van der Waals surface area contributed by atoms with Gasteiger partial charge >= 0.3 is 19.4 Å². The molecule has 1 saturated heterocycles. The van der Waals surface area contributed by atoms with E-state index in [1.165, 1.54) is 6.92 Å². The number of nitrogens with zero attached hydrogens (tertiary/aromatic N) is 1. The van der Waals surface area contributed by atoms with Gasteiger partial charge in [-0.05, 0) is 39.3 Å². The fraction of sp³-hybridized carbons (Fsp3) is 0.542. The van der Waals surface area contributed by atoms with Crippen molar-refractivity contribution < 1.29 is 37.4 Å². The lowest BCUT2D eigenvalue weighted by atomic mass is 9.98. The number of benzene rings is 1. The van der Waals surface area contributed by atoms with E-state index in [4.69, 9.17) is 18.5 Å². The van der Waals surface area contributed by atoms with Crippen LogP contribution in [0.2, 0.25) is 0 Å². The average molecular weight is 558 g/mol. The summed E-state index contributed by atoms with van der Waals surface area (Å²) in [7, 11) is -4.31. The SMILES string of the molecule is CCCCOC(=O)[C@H](C)NP(=O)(OC[C@H]1O[C@@H](n2ccc(=O)[nH]c2=O)C(C)(F)[C@@H]1O)Oc1ccc(C)cc1. The molecule has 1 aromatic heterocycles. The number of aryl methyl sites for hydroxylation is 1. The number of aliphatic hydroxyl groups is 1. The highest BCUT2D eigenvalue weighted by molar-refractivity contribution is 7.52. The first-order chi connectivity index (χ1) is 17.9. The molecule has 1 aliphatic heterocycles.